The van der Waals surface area contributed by atoms with Crippen LogP contribution >= 0.6 is 23.2 Å². The summed E-state index contributed by atoms with van der Waals surface area (Å²) in [6.07, 6.45) is 1.05. The number of amides is 2. The van der Waals surface area contributed by atoms with Crippen molar-refractivity contribution >= 4 is 50.7 Å². The molecule has 0 saturated heterocycles. The van der Waals surface area contributed by atoms with Crippen molar-refractivity contribution in [2.24, 2.45) is 0 Å². The van der Waals surface area contributed by atoms with Crippen LogP contribution in [0.2, 0.25) is 10.0 Å². The molecule has 0 aliphatic carbocycles. The molecule has 0 unspecified atom stereocenters. The van der Waals surface area contributed by atoms with E-state index in [1.54, 1.807) is 37.3 Å². The zero-order valence-electron chi connectivity index (χ0n) is 18.6. The van der Waals surface area contributed by atoms with E-state index < -0.39 is 28.5 Å². The van der Waals surface area contributed by atoms with Gasteiger partial charge in [0, 0.05) is 13.6 Å². The molecule has 0 radical (unpaired) electrons. The van der Waals surface area contributed by atoms with Crippen molar-refractivity contribution in [2.75, 3.05) is 24.2 Å². The van der Waals surface area contributed by atoms with Crippen molar-refractivity contribution in [2.45, 2.75) is 33.4 Å². The Labute approximate surface area is 199 Å². The lowest BCUT2D eigenvalue weighted by Gasteiger charge is -2.31. The molecule has 0 aromatic heterocycles. The lowest BCUT2D eigenvalue weighted by atomic mass is 10.1. The molecule has 2 amide bonds. The van der Waals surface area contributed by atoms with Crippen molar-refractivity contribution in [3.05, 3.63) is 63.1 Å². The first kappa shape index (κ1) is 26.0. The lowest BCUT2D eigenvalue weighted by Crippen LogP contribution is -2.50. The minimum atomic E-state index is -3.77. The Morgan fingerprint density at radius 2 is 1.62 bits per heavy atom. The number of carbonyl (C=O) groups excluding carboxylic acids is 2. The number of halogens is 2. The predicted molar refractivity (Wildman–Crippen MR) is 129 cm³/mol. The van der Waals surface area contributed by atoms with Gasteiger partial charge in [0.05, 0.1) is 22.0 Å². The molecule has 0 fully saturated rings. The van der Waals surface area contributed by atoms with E-state index in [1.807, 2.05) is 19.9 Å². The fraction of sp³-hybridized carbons (Fsp3) is 0.364. The van der Waals surface area contributed by atoms with Gasteiger partial charge in [-0.15, -0.1) is 0 Å². The second kappa shape index (κ2) is 10.6. The second-order valence-corrected chi connectivity index (χ2v) is 10.4. The summed E-state index contributed by atoms with van der Waals surface area (Å²) in [7, 11) is -2.30. The second-order valence-electron chi connectivity index (χ2n) is 7.68. The monoisotopic (exact) mass is 499 g/mol. The third-order valence-electron chi connectivity index (χ3n) is 4.92. The van der Waals surface area contributed by atoms with Crippen molar-refractivity contribution in [3.63, 3.8) is 0 Å². The number of nitrogens with one attached hydrogen (secondary N) is 1. The third-order valence-corrected chi connectivity index (χ3v) is 6.80. The standard InChI is InChI=1S/C22H27Cl2N3O4S/c1-14-8-15(2)10-18(9-14)27(32(5,30)31)13-21(28)26(16(3)22(29)25-4)12-17-6-7-19(23)20(24)11-17/h6-11,16H,12-13H2,1-5H3,(H,25,29)/t16-/m0/s1. The van der Waals surface area contributed by atoms with Crippen LogP contribution < -0.4 is 9.62 Å². The van der Waals surface area contributed by atoms with Gasteiger partial charge in [-0.1, -0.05) is 35.3 Å². The number of hydrogen-bond donors (Lipinski definition) is 1. The number of carbonyl (C=O) groups is 2. The zero-order chi connectivity index (χ0) is 24.2. The minimum absolute atomic E-state index is 0.0504. The molecular formula is C22H27Cl2N3O4S. The van der Waals surface area contributed by atoms with E-state index in [9.17, 15) is 18.0 Å². The van der Waals surface area contributed by atoms with Crippen LogP contribution in [-0.2, 0) is 26.2 Å². The van der Waals surface area contributed by atoms with Gasteiger partial charge in [-0.05, 0) is 61.7 Å². The summed E-state index contributed by atoms with van der Waals surface area (Å²) in [5.41, 5.74) is 2.78. The molecule has 0 aliphatic rings. The normalized spacial score (nSPS) is 12.2. The fourth-order valence-corrected chi connectivity index (χ4v) is 4.49. The Hall–Kier alpha value is -2.29. The van der Waals surface area contributed by atoms with E-state index in [2.05, 4.69) is 5.32 Å². The van der Waals surface area contributed by atoms with Gasteiger partial charge in [0.1, 0.15) is 12.6 Å². The van der Waals surface area contributed by atoms with Crippen molar-refractivity contribution in [3.8, 4) is 0 Å². The highest BCUT2D eigenvalue weighted by molar-refractivity contribution is 7.92. The van der Waals surface area contributed by atoms with E-state index >= 15 is 0 Å². The smallest absolute Gasteiger partial charge is 0.244 e. The molecule has 0 spiro atoms. The number of benzene rings is 2. The highest BCUT2D eigenvalue weighted by Crippen LogP contribution is 2.25. The maximum absolute atomic E-state index is 13.3. The molecule has 0 saturated carbocycles. The van der Waals surface area contributed by atoms with E-state index in [0.29, 0.717) is 21.3 Å². The van der Waals surface area contributed by atoms with Crippen LogP contribution in [0.25, 0.3) is 0 Å². The first-order valence-electron chi connectivity index (χ1n) is 9.84. The number of likely N-dealkylation sites (N-methyl/N-ethyl adjacent to an activating group) is 1. The molecule has 2 rings (SSSR count). The van der Waals surface area contributed by atoms with Crippen molar-refractivity contribution in [1.82, 2.24) is 10.2 Å². The topological polar surface area (TPSA) is 86.8 Å². The summed E-state index contributed by atoms with van der Waals surface area (Å²) in [6, 6.07) is 9.38. The Balaban J connectivity index is 2.43. The fourth-order valence-electron chi connectivity index (χ4n) is 3.33. The van der Waals surface area contributed by atoms with Crippen LogP contribution in [0.3, 0.4) is 0 Å². The van der Waals surface area contributed by atoms with Crippen LogP contribution in [0, 0.1) is 13.8 Å². The van der Waals surface area contributed by atoms with Crippen LogP contribution in [0.1, 0.15) is 23.6 Å². The largest absolute Gasteiger partial charge is 0.357 e. The maximum Gasteiger partial charge on any atom is 0.244 e. The quantitative estimate of drug-likeness (QED) is 0.601. The van der Waals surface area contributed by atoms with E-state index in [-0.39, 0.29) is 12.5 Å². The summed E-state index contributed by atoms with van der Waals surface area (Å²) in [5, 5.41) is 3.21. The minimum Gasteiger partial charge on any atom is -0.357 e. The Morgan fingerprint density at radius 3 is 2.12 bits per heavy atom. The van der Waals surface area contributed by atoms with Gasteiger partial charge >= 0.3 is 0 Å². The average Bonchev–Trinajstić information content (AvgIpc) is 2.69. The maximum atomic E-state index is 13.3. The highest BCUT2D eigenvalue weighted by atomic mass is 35.5. The van der Waals surface area contributed by atoms with Crippen molar-refractivity contribution < 1.29 is 18.0 Å². The molecular weight excluding hydrogens is 473 g/mol. The Morgan fingerprint density at radius 1 is 1.03 bits per heavy atom. The molecule has 174 valence electrons. The molecule has 2 aromatic carbocycles. The van der Waals surface area contributed by atoms with E-state index in [0.717, 1.165) is 21.7 Å². The Kier molecular flexibility index (Phi) is 8.56. The molecule has 1 atom stereocenters. The molecule has 1 N–H and O–H groups in total. The molecule has 0 heterocycles. The van der Waals surface area contributed by atoms with Gasteiger partial charge in [-0.3, -0.25) is 13.9 Å². The first-order valence-corrected chi connectivity index (χ1v) is 12.4. The summed E-state index contributed by atoms with van der Waals surface area (Å²) in [5.74, 6) is -0.910. The summed E-state index contributed by atoms with van der Waals surface area (Å²) in [6.45, 7) is 4.88. The lowest BCUT2D eigenvalue weighted by molar-refractivity contribution is -0.139. The summed E-state index contributed by atoms with van der Waals surface area (Å²) in [4.78, 5) is 27.0. The summed E-state index contributed by atoms with van der Waals surface area (Å²) >= 11 is 12.1. The zero-order valence-corrected chi connectivity index (χ0v) is 21.0. The van der Waals surface area contributed by atoms with Crippen LogP contribution in [0.15, 0.2) is 36.4 Å². The van der Waals surface area contributed by atoms with Gasteiger partial charge in [0.2, 0.25) is 21.8 Å². The van der Waals surface area contributed by atoms with Crippen LogP contribution in [0.4, 0.5) is 5.69 Å². The number of hydrogen-bond acceptors (Lipinski definition) is 4. The van der Waals surface area contributed by atoms with Gasteiger partial charge in [-0.25, -0.2) is 8.42 Å². The van der Waals surface area contributed by atoms with Gasteiger partial charge < -0.3 is 10.2 Å². The molecule has 32 heavy (non-hydrogen) atoms. The van der Waals surface area contributed by atoms with Gasteiger partial charge in [0.15, 0.2) is 0 Å². The van der Waals surface area contributed by atoms with Crippen molar-refractivity contribution in [1.29, 1.82) is 0 Å². The molecule has 7 nitrogen and oxygen atoms in total. The molecule has 2 aromatic rings. The first-order chi connectivity index (χ1) is 14.8. The Bertz CT molecular complexity index is 1100. The average molecular weight is 500 g/mol. The van der Waals surface area contributed by atoms with Gasteiger partial charge in [-0.2, -0.15) is 0 Å². The molecule has 0 bridgehead atoms. The SMILES string of the molecule is CNC(=O)[C@H](C)N(Cc1ccc(Cl)c(Cl)c1)C(=O)CN(c1cc(C)cc(C)c1)S(C)(=O)=O. The number of aryl methyl sites for hydroxylation is 2. The van der Waals surface area contributed by atoms with Crippen LogP contribution in [-0.4, -0.2) is 51.0 Å². The number of anilines is 1. The van der Waals surface area contributed by atoms with Gasteiger partial charge in [0.25, 0.3) is 0 Å². The number of sulfonamides is 1. The molecule has 0 aliphatic heterocycles. The predicted octanol–water partition coefficient (Wildman–Crippen LogP) is 3.54. The highest BCUT2D eigenvalue weighted by Gasteiger charge is 2.30. The van der Waals surface area contributed by atoms with Crippen LogP contribution in [0.5, 0.6) is 0 Å². The number of rotatable bonds is 8. The third kappa shape index (κ3) is 6.60. The van der Waals surface area contributed by atoms with E-state index in [1.165, 1.54) is 11.9 Å². The number of nitrogens with zero attached hydrogens (tertiary/aromatic N) is 2. The summed E-state index contributed by atoms with van der Waals surface area (Å²) < 4.78 is 26.2. The van der Waals surface area contributed by atoms with E-state index in [4.69, 9.17) is 23.2 Å². The molecule has 10 heteroatoms.